The molecule has 1 aromatic heterocycles. The van der Waals surface area contributed by atoms with Gasteiger partial charge in [0.05, 0.1) is 0 Å². The predicted molar refractivity (Wildman–Crippen MR) is 97.4 cm³/mol. The third kappa shape index (κ3) is 3.85. The van der Waals surface area contributed by atoms with Gasteiger partial charge in [-0.3, -0.25) is 14.3 Å². The number of aryl methyl sites for hydroxylation is 1. The van der Waals surface area contributed by atoms with E-state index in [0.29, 0.717) is 24.3 Å². The van der Waals surface area contributed by atoms with E-state index in [0.717, 1.165) is 10.8 Å². The number of hydrogen-bond acceptors (Lipinski definition) is 3. The van der Waals surface area contributed by atoms with Crippen molar-refractivity contribution in [3.05, 3.63) is 60.3 Å². The summed E-state index contributed by atoms with van der Waals surface area (Å²) in [6, 6.07) is 15.1. The first-order valence-electron chi connectivity index (χ1n) is 8.07. The lowest BCUT2D eigenvalue weighted by atomic mass is 10.0. The molecule has 2 amide bonds. The number of carbonyl (C=O) groups excluding carboxylic acids is 2. The Balaban J connectivity index is 1.70. The third-order valence-corrected chi connectivity index (χ3v) is 3.97. The van der Waals surface area contributed by atoms with Crippen LogP contribution in [0.3, 0.4) is 0 Å². The molecule has 0 aliphatic heterocycles. The first-order valence-corrected chi connectivity index (χ1v) is 8.07. The highest BCUT2D eigenvalue weighted by Gasteiger charge is 2.12. The maximum atomic E-state index is 12.6. The van der Waals surface area contributed by atoms with Crippen LogP contribution in [0.1, 0.15) is 16.8 Å². The molecule has 0 atom stereocenters. The molecule has 0 saturated carbocycles. The topological polar surface area (TPSA) is 67.2 Å². The second-order valence-electron chi connectivity index (χ2n) is 5.98. The molecule has 25 heavy (non-hydrogen) atoms. The van der Waals surface area contributed by atoms with Gasteiger partial charge in [0.1, 0.15) is 0 Å². The summed E-state index contributed by atoms with van der Waals surface area (Å²) in [5.41, 5.74) is 0.607. The number of anilines is 1. The number of nitrogens with zero attached hydrogens (tertiary/aromatic N) is 3. The van der Waals surface area contributed by atoms with Gasteiger partial charge in [-0.1, -0.05) is 36.4 Å². The van der Waals surface area contributed by atoms with Gasteiger partial charge in [0, 0.05) is 44.9 Å². The van der Waals surface area contributed by atoms with Crippen LogP contribution in [0.2, 0.25) is 0 Å². The lowest BCUT2D eigenvalue weighted by molar-refractivity contribution is -0.128. The Labute approximate surface area is 146 Å². The van der Waals surface area contributed by atoms with Crippen molar-refractivity contribution >= 4 is 28.4 Å². The van der Waals surface area contributed by atoms with Gasteiger partial charge >= 0.3 is 0 Å². The van der Waals surface area contributed by atoms with Gasteiger partial charge in [-0.05, 0) is 16.8 Å². The van der Waals surface area contributed by atoms with E-state index in [4.69, 9.17) is 0 Å². The summed E-state index contributed by atoms with van der Waals surface area (Å²) < 4.78 is 1.65. The zero-order valence-electron chi connectivity index (χ0n) is 14.3. The zero-order valence-corrected chi connectivity index (χ0v) is 14.3. The van der Waals surface area contributed by atoms with Crippen molar-refractivity contribution in [1.82, 2.24) is 14.7 Å². The largest absolute Gasteiger partial charge is 0.349 e. The molecule has 0 aliphatic carbocycles. The van der Waals surface area contributed by atoms with Crippen LogP contribution in [0.5, 0.6) is 0 Å². The first kappa shape index (κ1) is 16.7. The Morgan fingerprint density at radius 1 is 1.08 bits per heavy atom. The molecular formula is C19H20N4O2. The van der Waals surface area contributed by atoms with E-state index < -0.39 is 0 Å². The van der Waals surface area contributed by atoms with Crippen molar-refractivity contribution < 1.29 is 9.59 Å². The molecule has 2 aromatic carbocycles. The van der Waals surface area contributed by atoms with Gasteiger partial charge in [0.15, 0.2) is 5.82 Å². The highest BCUT2D eigenvalue weighted by atomic mass is 16.2. The maximum absolute atomic E-state index is 12.6. The summed E-state index contributed by atoms with van der Waals surface area (Å²) >= 11 is 0. The minimum atomic E-state index is -0.202. The molecule has 0 fully saturated rings. The van der Waals surface area contributed by atoms with Gasteiger partial charge < -0.3 is 10.2 Å². The smallest absolute Gasteiger partial charge is 0.257 e. The number of rotatable bonds is 5. The fourth-order valence-electron chi connectivity index (χ4n) is 2.59. The van der Waals surface area contributed by atoms with Crippen molar-refractivity contribution in [2.75, 3.05) is 19.4 Å². The van der Waals surface area contributed by atoms with Crippen LogP contribution in [-0.2, 0) is 11.3 Å². The van der Waals surface area contributed by atoms with E-state index in [-0.39, 0.29) is 11.8 Å². The summed E-state index contributed by atoms with van der Waals surface area (Å²) in [5.74, 6) is 0.304. The summed E-state index contributed by atoms with van der Waals surface area (Å²) in [6.45, 7) is 0.473. The fourth-order valence-corrected chi connectivity index (χ4v) is 2.59. The molecule has 3 rings (SSSR count). The molecule has 0 radical (unpaired) electrons. The van der Waals surface area contributed by atoms with Crippen molar-refractivity contribution in [2.24, 2.45) is 0 Å². The van der Waals surface area contributed by atoms with Crippen LogP contribution in [-0.4, -0.2) is 40.6 Å². The minimum absolute atomic E-state index is 0.0387. The normalized spacial score (nSPS) is 10.6. The molecule has 128 valence electrons. The van der Waals surface area contributed by atoms with Crippen LogP contribution in [0.25, 0.3) is 10.8 Å². The third-order valence-electron chi connectivity index (χ3n) is 3.97. The summed E-state index contributed by atoms with van der Waals surface area (Å²) in [7, 11) is 3.45. The van der Waals surface area contributed by atoms with Crippen molar-refractivity contribution in [1.29, 1.82) is 0 Å². The lowest BCUT2D eigenvalue weighted by Crippen LogP contribution is -2.23. The Morgan fingerprint density at radius 2 is 1.84 bits per heavy atom. The maximum Gasteiger partial charge on any atom is 0.257 e. The highest BCUT2D eigenvalue weighted by molar-refractivity contribution is 6.12. The number of carbonyl (C=O) groups is 2. The zero-order chi connectivity index (χ0) is 17.8. The van der Waals surface area contributed by atoms with E-state index in [1.54, 1.807) is 42.0 Å². The first-order chi connectivity index (χ1) is 12.0. The molecule has 0 saturated heterocycles. The van der Waals surface area contributed by atoms with E-state index in [2.05, 4.69) is 10.4 Å². The number of nitrogens with one attached hydrogen (secondary N) is 1. The monoisotopic (exact) mass is 336 g/mol. The predicted octanol–water partition coefficient (Wildman–Crippen LogP) is 2.77. The van der Waals surface area contributed by atoms with Crippen molar-refractivity contribution in [2.45, 2.75) is 13.0 Å². The average molecular weight is 336 g/mol. The van der Waals surface area contributed by atoms with Gasteiger partial charge in [-0.25, -0.2) is 0 Å². The van der Waals surface area contributed by atoms with Gasteiger partial charge in [-0.15, -0.1) is 0 Å². The van der Waals surface area contributed by atoms with Gasteiger partial charge in [0.2, 0.25) is 5.91 Å². The Hall–Kier alpha value is -3.15. The van der Waals surface area contributed by atoms with Crippen LogP contribution >= 0.6 is 0 Å². The number of aromatic nitrogens is 2. The highest BCUT2D eigenvalue weighted by Crippen LogP contribution is 2.19. The molecule has 1 N–H and O–H groups in total. The molecule has 6 nitrogen and oxygen atoms in total. The molecular weight excluding hydrogens is 316 g/mol. The lowest BCUT2D eigenvalue weighted by Gasteiger charge is -2.09. The van der Waals surface area contributed by atoms with Crippen LogP contribution in [0.15, 0.2) is 54.7 Å². The quantitative estimate of drug-likeness (QED) is 0.779. The Bertz CT molecular complexity index is 909. The molecule has 0 spiro atoms. The van der Waals surface area contributed by atoms with Crippen LogP contribution in [0, 0.1) is 0 Å². The molecule has 1 heterocycles. The van der Waals surface area contributed by atoms with E-state index in [1.165, 1.54) is 0 Å². The van der Waals surface area contributed by atoms with Crippen LogP contribution < -0.4 is 5.32 Å². The number of benzene rings is 2. The van der Waals surface area contributed by atoms with E-state index in [9.17, 15) is 9.59 Å². The fraction of sp³-hybridized carbons (Fsp3) is 0.211. The number of amides is 2. The molecule has 0 bridgehead atoms. The minimum Gasteiger partial charge on any atom is -0.349 e. The van der Waals surface area contributed by atoms with Crippen molar-refractivity contribution in [3.8, 4) is 0 Å². The average Bonchev–Trinajstić information content (AvgIpc) is 3.06. The molecule has 0 aliphatic rings. The summed E-state index contributed by atoms with van der Waals surface area (Å²) in [6.07, 6.45) is 2.12. The molecule has 3 aromatic rings. The number of hydrogen-bond donors (Lipinski definition) is 1. The Morgan fingerprint density at radius 3 is 2.64 bits per heavy atom. The second kappa shape index (κ2) is 7.17. The van der Waals surface area contributed by atoms with Crippen molar-refractivity contribution in [3.63, 3.8) is 0 Å². The van der Waals surface area contributed by atoms with Gasteiger partial charge in [0.25, 0.3) is 5.91 Å². The second-order valence-corrected chi connectivity index (χ2v) is 5.98. The SMILES string of the molecule is CN(C)C(=O)CCn1ccc(NC(=O)c2cccc3ccccc23)n1. The van der Waals surface area contributed by atoms with Gasteiger partial charge in [-0.2, -0.15) is 5.10 Å². The van der Waals surface area contributed by atoms with Crippen LogP contribution in [0.4, 0.5) is 5.82 Å². The van der Waals surface area contributed by atoms with E-state index in [1.807, 2.05) is 36.4 Å². The number of fused-ring (bicyclic) bond motifs is 1. The molecule has 6 heteroatoms. The summed E-state index contributed by atoms with van der Waals surface area (Å²) in [5, 5.41) is 9.03. The molecule has 0 unspecified atom stereocenters. The van der Waals surface area contributed by atoms with E-state index >= 15 is 0 Å². The standard InChI is InChI=1S/C19H20N4O2/c1-22(2)18(24)11-13-23-12-10-17(21-23)20-19(25)16-9-5-7-14-6-3-4-8-15(14)16/h3-10,12H,11,13H2,1-2H3,(H,20,21,25). The Kier molecular flexibility index (Phi) is 4.79. The summed E-state index contributed by atoms with van der Waals surface area (Å²) in [4.78, 5) is 25.7.